The molecule has 2 N–H and O–H groups in total. The van der Waals surface area contributed by atoms with Crippen molar-refractivity contribution < 1.29 is 5.11 Å². The predicted molar refractivity (Wildman–Crippen MR) is 70.9 cm³/mol. The van der Waals surface area contributed by atoms with E-state index in [1.165, 1.54) is 4.90 Å². The Balaban J connectivity index is 2.23. The Morgan fingerprint density at radius 3 is 2.44 bits per heavy atom. The molecule has 0 saturated heterocycles. The average molecular weight is 239 g/mol. The summed E-state index contributed by atoms with van der Waals surface area (Å²) in [6.07, 6.45) is -0.301. The van der Waals surface area contributed by atoms with Crippen LogP contribution in [0.4, 0.5) is 0 Å². The zero-order valence-corrected chi connectivity index (χ0v) is 11.1. The van der Waals surface area contributed by atoms with Crippen LogP contribution in [-0.4, -0.2) is 29.0 Å². The largest absolute Gasteiger partial charge is 0.391 e. The highest BCUT2D eigenvalue weighted by atomic mass is 32.2. The summed E-state index contributed by atoms with van der Waals surface area (Å²) < 4.78 is 0. The van der Waals surface area contributed by atoms with Gasteiger partial charge in [-0.3, -0.25) is 0 Å². The van der Waals surface area contributed by atoms with E-state index >= 15 is 0 Å². The lowest BCUT2D eigenvalue weighted by molar-refractivity contribution is 0.183. The molecule has 3 heteroatoms. The molecule has 1 aromatic rings. The topological polar surface area (TPSA) is 32.3 Å². The van der Waals surface area contributed by atoms with Gasteiger partial charge in [-0.15, -0.1) is 11.8 Å². The smallest absolute Gasteiger partial charge is 0.0758 e. The molecule has 0 amide bonds. The molecule has 2 nitrogen and oxygen atoms in total. The third-order valence-electron chi connectivity index (χ3n) is 2.05. The minimum Gasteiger partial charge on any atom is -0.391 e. The summed E-state index contributed by atoms with van der Waals surface area (Å²) in [5, 5.41) is 13.1. The van der Waals surface area contributed by atoms with Crippen molar-refractivity contribution in [2.24, 2.45) is 0 Å². The van der Waals surface area contributed by atoms with Crippen molar-refractivity contribution in [1.82, 2.24) is 5.32 Å². The van der Waals surface area contributed by atoms with Gasteiger partial charge in [-0.2, -0.15) is 0 Å². The third kappa shape index (κ3) is 6.16. The molecule has 16 heavy (non-hydrogen) atoms. The number of aliphatic hydroxyl groups excluding tert-OH is 1. The monoisotopic (exact) mass is 239 g/mol. The first-order chi connectivity index (χ1) is 7.47. The minimum atomic E-state index is -0.301. The highest BCUT2D eigenvalue weighted by molar-refractivity contribution is 7.99. The zero-order valence-electron chi connectivity index (χ0n) is 10.2. The zero-order chi connectivity index (χ0) is 12.0. The van der Waals surface area contributed by atoms with Gasteiger partial charge in [0.2, 0.25) is 0 Å². The van der Waals surface area contributed by atoms with Crippen LogP contribution in [0.1, 0.15) is 20.8 Å². The van der Waals surface area contributed by atoms with Gasteiger partial charge in [0.1, 0.15) is 0 Å². The van der Waals surface area contributed by atoms with E-state index in [0.717, 1.165) is 5.75 Å². The van der Waals surface area contributed by atoms with Crippen molar-refractivity contribution in [1.29, 1.82) is 0 Å². The number of β-amino-alcohol motifs (C(OH)–C–C–N with tert-alkyl or cyclic N) is 1. The Kier molecular flexibility index (Phi) is 5.32. The average Bonchev–Trinajstić information content (AvgIpc) is 2.24. The fourth-order valence-corrected chi connectivity index (χ4v) is 2.04. The van der Waals surface area contributed by atoms with Crippen LogP contribution >= 0.6 is 11.8 Å². The van der Waals surface area contributed by atoms with E-state index in [2.05, 4.69) is 38.2 Å². The summed E-state index contributed by atoms with van der Waals surface area (Å²) in [7, 11) is 0. The van der Waals surface area contributed by atoms with Crippen molar-refractivity contribution in [2.75, 3.05) is 12.3 Å². The van der Waals surface area contributed by atoms with Crippen LogP contribution in [0.5, 0.6) is 0 Å². The lowest BCUT2D eigenvalue weighted by atomic mass is 10.1. The second-order valence-corrected chi connectivity index (χ2v) is 6.00. The van der Waals surface area contributed by atoms with E-state index in [-0.39, 0.29) is 11.6 Å². The molecule has 0 heterocycles. The normalized spacial score (nSPS) is 13.8. The van der Waals surface area contributed by atoms with Gasteiger partial charge < -0.3 is 10.4 Å². The molecule has 0 aliphatic carbocycles. The lowest BCUT2D eigenvalue weighted by Gasteiger charge is -2.22. The molecule has 1 unspecified atom stereocenters. The Morgan fingerprint density at radius 1 is 1.25 bits per heavy atom. The summed E-state index contributed by atoms with van der Waals surface area (Å²) in [5.74, 6) is 0.729. The van der Waals surface area contributed by atoms with Gasteiger partial charge >= 0.3 is 0 Å². The van der Waals surface area contributed by atoms with E-state index in [0.29, 0.717) is 6.54 Å². The van der Waals surface area contributed by atoms with Gasteiger partial charge in [0, 0.05) is 22.7 Å². The van der Waals surface area contributed by atoms with E-state index < -0.39 is 0 Å². The van der Waals surface area contributed by atoms with Crippen molar-refractivity contribution in [3.05, 3.63) is 30.3 Å². The Labute approximate surface area is 102 Å². The van der Waals surface area contributed by atoms with Crippen molar-refractivity contribution in [3.8, 4) is 0 Å². The summed E-state index contributed by atoms with van der Waals surface area (Å²) in [6, 6.07) is 10.2. The van der Waals surface area contributed by atoms with E-state index in [1.54, 1.807) is 11.8 Å². The van der Waals surface area contributed by atoms with E-state index in [9.17, 15) is 5.11 Å². The van der Waals surface area contributed by atoms with Crippen LogP contribution in [0.2, 0.25) is 0 Å². The Hall–Kier alpha value is -0.510. The summed E-state index contributed by atoms with van der Waals surface area (Å²) in [6.45, 7) is 6.95. The molecule has 1 aromatic carbocycles. The van der Waals surface area contributed by atoms with Gasteiger partial charge in [-0.1, -0.05) is 18.2 Å². The van der Waals surface area contributed by atoms with Gasteiger partial charge in [0.05, 0.1) is 6.10 Å². The fourth-order valence-electron chi connectivity index (χ4n) is 1.19. The molecule has 0 aromatic heterocycles. The van der Waals surface area contributed by atoms with Crippen LogP contribution < -0.4 is 5.32 Å². The number of thioether (sulfide) groups is 1. The molecule has 0 spiro atoms. The number of rotatable bonds is 5. The third-order valence-corrected chi connectivity index (χ3v) is 3.21. The molecule has 90 valence electrons. The van der Waals surface area contributed by atoms with E-state index in [1.807, 2.05) is 18.2 Å². The van der Waals surface area contributed by atoms with Crippen molar-refractivity contribution in [2.45, 2.75) is 37.3 Å². The second kappa shape index (κ2) is 6.28. The minimum absolute atomic E-state index is 0.0679. The molecule has 0 aliphatic heterocycles. The van der Waals surface area contributed by atoms with Gasteiger partial charge in [0.15, 0.2) is 0 Å². The molecule has 1 atom stereocenters. The standard InChI is InChI=1S/C13H21NOS/c1-13(2,3)14-9-11(15)10-16-12-7-5-4-6-8-12/h4-8,11,14-15H,9-10H2,1-3H3. The molecule has 0 bridgehead atoms. The van der Waals surface area contributed by atoms with Crippen LogP contribution in [0.25, 0.3) is 0 Å². The van der Waals surface area contributed by atoms with Crippen LogP contribution in [-0.2, 0) is 0 Å². The van der Waals surface area contributed by atoms with Crippen molar-refractivity contribution >= 4 is 11.8 Å². The van der Waals surface area contributed by atoms with Gasteiger partial charge in [0.25, 0.3) is 0 Å². The molecule has 0 fully saturated rings. The maximum atomic E-state index is 9.79. The van der Waals surface area contributed by atoms with Gasteiger partial charge in [-0.25, -0.2) is 0 Å². The number of hydrogen-bond donors (Lipinski definition) is 2. The maximum absolute atomic E-state index is 9.79. The maximum Gasteiger partial charge on any atom is 0.0758 e. The fraction of sp³-hybridized carbons (Fsp3) is 0.538. The summed E-state index contributed by atoms with van der Waals surface area (Å²) in [5.41, 5.74) is 0.0679. The van der Waals surface area contributed by atoms with Crippen LogP contribution in [0.3, 0.4) is 0 Å². The SMILES string of the molecule is CC(C)(C)NCC(O)CSc1ccccc1. The summed E-state index contributed by atoms with van der Waals surface area (Å²) >= 11 is 1.69. The molecular weight excluding hydrogens is 218 g/mol. The van der Waals surface area contributed by atoms with Gasteiger partial charge in [-0.05, 0) is 32.9 Å². The lowest BCUT2D eigenvalue weighted by Crippen LogP contribution is -2.41. The molecular formula is C13H21NOS. The van der Waals surface area contributed by atoms with Crippen LogP contribution in [0.15, 0.2) is 35.2 Å². The van der Waals surface area contributed by atoms with E-state index in [4.69, 9.17) is 0 Å². The summed E-state index contributed by atoms with van der Waals surface area (Å²) in [4.78, 5) is 1.21. The predicted octanol–water partition coefficient (Wildman–Crippen LogP) is 2.53. The first-order valence-electron chi connectivity index (χ1n) is 5.58. The first-order valence-corrected chi connectivity index (χ1v) is 6.57. The van der Waals surface area contributed by atoms with Crippen LogP contribution in [0, 0.1) is 0 Å². The van der Waals surface area contributed by atoms with Crippen molar-refractivity contribution in [3.63, 3.8) is 0 Å². The number of nitrogens with one attached hydrogen (secondary N) is 1. The molecule has 0 saturated carbocycles. The highest BCUT2D eigenvalue weighted by Crippen LogP contribution is 2.17. The molecule has 0 aliphatic rings. The molecule has 1 rings (SSSR count). The first kappa shape index (κ1) is 13.6. The number of hydrogen-bond acceptors (Lipinski definition) is 3. The number of benzene rings is 1. The number of aliphatic hydroxyl groups is 1. The highest BCUT2D eigenvalue weighted by Gasteiger charge is 2.12. The molecule has 0 radical (unpaired) electrons. The second-order valence-electron chi connectivity index (χ2n) is 4.91. The quantitative estimate of drug-likeness (QED) is 0.774. The Morgan fingerprint density at radius 2 is 1.88 bits per heavy atom. The Bertz CT molecular complexity index is 295.